The molecule has 0 radical (unpaired) electrons. The largest absolute Gasteiger partial charge is 0.368 e. The summed E-state index contributed by atoms with van der Waals surface area (Å²) in [6.45, 7) is 5.46. The highest BCUT2D eigenvalue weighted by Crippen LogP contribution is 2.23. The topological polar surface area (TPSA) is 71.5 Å². The van der Waals surface area contributed by atoms with Gasteiger partial charge in [-0.05, 0) is 38.0 Å². The van der Waals surface area contributed by atoms with Gasteiger partial charge in [-0.1, -0.05) is 0 Å². The van der Waals surface area contributed by atoms with Crippen LogP contribution in [0.2, 0.25) is 0 Å². The molecule has 0 aromatic carbocycles. The van der Waals surface area contributed by atoms with Crippen molar-refractivity contribution in [1.82, 2.24) is 19.9 Å². The molecular formula is C19H23N5O2. The SMILES string of the molecule is Cc1nccc([C@H]2CN(C(=O)c3ccnc(N4CCCC4)c3)CCO2)n1. The van der Waals surface area contributed by atoms with Crippen LogP contribution in [-0.2, 0) is 4.74 Å². The third-order valence-corrected chi connectivity index (χ3v) is 4.90. The first-order chi connectivity index (χ1) is 12.7. The molecule has 26 heavy (non-hydrogen) atoms. The Bertz CT molecular complexity index is 791. The van der Waals surface area contributed by atoms with Gasteiger partial charge in [0.15, 0.2) is 0 Å². The molecule has 0 saturated carbocycles. The Kier molecular flexibility index (Phi) is 4.79. The second kappa shape index (κ2) is 7.37. The number of aromatic nitrogens is 3. The fourth-order valence-electron chi connectivity index (χ4n) is 3.52. The van der Waals surface area contributed by atoms with Gasteiger partial charge in [-0.25, -0.2) is 15.0 Å². The van der Waals surface area contributed by atoms with Gasteiger partial charge in [-0.3, -0.25) is 4.79 Å². The summed E-state index contributed by atoms with van der Waals surface area (Å²) < 4.78 is 5.84. The number of anilines is 1. The van der Waals surface area contributed by atoms with E-state index in [1.54, 1.807) is 18.5 Å². The zero-order valence-electron chi connectivity index (χ0n) is 15.0. The minimum atomic E-state index is -0.214. The van der Waals surface area contributed by atoms with Crippen LogP contribution in [0.25, 0.3) is 0 Å². The molecule has 0 spiro atoms. The third kappa shape index (κ3) is 3.53. The van der Waals surface area contributed by atoms with Gasteiger partial charge in [-0.2, -0.15) is 0 Å². The molecule has 2 aromatic rings. The summed E-state index contributed by atoms with van der Waals surface area (Å²) in [6.07, 6.45) is 5.61. The molecule has 7 nitrogen and oxygen atoms in total. The van der Waals surface area contributed by atoms with E-state index < -0.39 is 0 Å². The van der Waals surface area contributed by atoms with Crippen molar-refractivity contribution in [2.24, 2.45) is 0 Å². The highest BCUT2D eigenvalue weighted by atomic mass is 16.5. The minimum Gasteiger partial charge on any atom is -0.368 e. The number of aryl methyl sites for hydroxylation is 1. The Morgan fingerprint density at radius 3 is 2.77 bits per heavy atom. The lowest BCUT2D eigenvalue weighted by molar-refractivity contribution is -0.0248. The lowest BCUT2D eigenvalue weighted by atomic mass is 10.1. The zero-order chi connectivity index (χ0) is 17.9. The number of nitrogens with zero attached hydrogens (tertiary/aromatic N) is 5. The van der Waals surface area contributed by atoms with Crippen LogP contribution in [0.1, 0.15) is 40.8 Å². The lowest BCUT2D eigenvalue weighted by Gasteiger charge is -2.33. The molecule has 0 unspecified atom stereocenters. The Labute approximate surface area is 153 Å². The summed E-state index contributed by atoms with van der Waals surface area (Å²) >= 11 is 0. The van der Waals surface area contributed by atoms with Gasteiger partial charge >= 0.3 is 0 Å². The first-order valence-corrected chi connectivity index (χ1v) is 9.12. The van der Waals surface area contributed by atoms with E-state index >= 15 is 0 Å². The normalized spacial score (nSPS) is 20.4. The van der Waals surface area contributed by atoms with Crippen molar-refractivity contribution in [1.29, 1.82) is 0 Å². The van der Waals surface area contributed by atoms with Crippen LogP contribution < -0.4 is 4.90 Å². The summed E-state index contributed by atoms with van der Waals surface area (Å²) in [6, 6.07) is 5.55. The number of carbonyl (C=O) groups excluding carboxylic acids is 1. The maximum absolute atomic E-state index is 13.0. The van der Waals surface area contributed by atoms with Crippen LogP contribution >= 0.6 is 0 Å². The van der Waals surface area contributed by atoms with Crippen molar-refractivity contribution in [3.05, 3.63) is 47.7 Å². The fourth-order valence-corrected chi connectivity index (χ4v) is 3.52. The van der Waals surface area contributed by atoms with E-state index in [-0.39, 0.29) is 12.0 Å². The van der Waals surface area contributed by atoms with E-state index in [2.05, 4.69) is 19.9 Å². The fraction of sp³-hybridized carbons (Fsp3) is 0.474. The van der Waals surface area contributed by atoms with Gasteiger partial charge in [0.1, 0.15) is 17.7 Å². The van der Waals surface area contributed by atoms with Crippen LogP contribution in [0.15, 0.2) is 30.6 Å². The number of pyridine rings is 1. The van der Waals surface area contributed by atoms with Gasteiger partial charge < -0.3 is 14.5 Å². The summed E-state index contributed by atoms with van der Waals surface area (Å²) in [7, 11) is 0. The lowest BCUT2D eigenvalue weighted by Crippen LogP contribution is -2.42. The van der Waals surface area contributed by atoms with Crippen molar-refractivity contribution >= 4 is 11.7 Å². The molecule has 2 aliphatic heterocycles. The Hall–Kier alpha value is -2.54. The van der Waals surface area contributed by atoms with Gasteiger partial charge in [0.05, 0.1) is 18.8 Å². The number of amides is 1. The zero-order valence-corrected chi connectivity index (χ0v) is 15.0. The van der Waals surface area contributed by atoms with Gasteiger partial charge in [0, 0.05) is 37.6 Å². The van der Waals surface area contributed by atoms with Gasteiger partial charge in [0.25, 0.3) is 5.91 Å². The second-order valence-electron chi connectivity index (χ2n) is 6.74. The van der Waals surface area contributed by atoms with Crippen LogP contribution in [0.5, 0.6) is 0 Å². The molecule has 2 aliphatic rings. The Morgan fingerprint density at radius 1 is 1.15 bits per heavy atom. The van der Waals surface area contributed by atoms with Crippen molar-refractivity contribution in [3.8, 4) is 0 Å². The Morgan fingerprint density at radius 2 is 1.96 bits per heavy atom. The van der Waals surface area contributed by atoms with Crippen LogP contribution in [0, 0.1) is 6.92 Å². The molecule has 1 atom stereocenters. The van der Waals surface area contributed by atoms with E-state index in [0.29, 0.717) is 31.1 Å². The maximum atomic E-state index is 13.0. The predicted octanol–water partition coefficient (Wildman–Crippen LogP) is 1.99. The molecule has 0 aliphatic carbocycles. The van der Waals surface area contributed by atoms with Crippen molar-refractivity contribution in [2.75, 3.05) is 37.7 Å². The first kappa shape index (κ1) is 16.9. The van der Waals surface area contributed by atoms with E-state index in [4.69, 9.17) is 4.74 Å². The molecule has 1 amide bonds. The molecular weight excluding hydrogens is 330 g/mol. The van der Waals surface area contributed by atoms with Crippen LogP contribution in [0.4, 0.5) is 5.82 Å². The highest BCUT2D eigenvalue weighted by Gasteiger charge is 2.27. The molecule has 2 saturated heterocycles. The van der Waals surface area contributed by atoms with Gasteiger partial charge in [-0.15, -0.1) is 0 Å². The van der Waals surface area contributed by atoms with Crippen molar-refractivity contribution < 1.29 is 9.53 Å². The summed E-state index contributed by atoms with van der Waals surface area (Å²) in [5.41, 5.74) is 1.50. The quantitative estimate of drug-likeness (QED) is 0.840. The first-order valence-electron chi connectivity index (χ1n) is 9.12. The molecule has 2 fully saturated rings. The molecule has 0 bridgehead atoms. The monoisotopic (exact) mass is 353 g/mol. The molecule has 7 heteroatoms. The number of carbonyl (C=O) groups is 1. The van der Waals surface area contributed by atoms with Crippen molar-refractivity contribution in [2.45, 2.75) is 25.9 Å². The van der Waals surface area contributed by atoms with E-state index in [0.717, 1.165) is 24.6 Å². The number of hydrogen-bond acceptors (Lipinski definition) is 6. The molecule has 4 rings (SSSR count). The summed E-state index contributed by atoms with van der Waals surface area (Å²) in [5.74, 6) is 1.62. The number of hydrogen-bond donors (Lipinski definition) is 0. The Balaban J connectivity index is 1.50. The second-order valence-corrected chi connectivity index (χ2v) is 6.74. The third-order valence-electron chi connectivity index (χ3n) is 4.90. The average molecular weight is 353 g/mol. The van der Waals surface area contributed by atoms with E-state index in [9.17, 15) is 4.79 Å². The number of ether oxygens (including phenoxy) is 1. The minimum absolute atomic E-state index is 0.0203. The molecule has 136 valence electrons. The molecule has 0 N–H and O–H groups in total. The molecule has 4 heterocycles. The van der Waals surface area contributed by atoms with Gasteiger partial charge in [0.2, 0.25) is 0 Å². The average Bonchev–Trinajstić information content (AvgIpc) is 3.22. The highest BCUT2D eigenvalue weighted by molar-refractivity contribution is 5.95. The number of rotatable bonds is 3. The number of morpholine rings is 1. The maximum Gasteiger partial charge on any atom is 0.254 e. The molecule has 2 aromatic heterocycles. The van der Waals surface area contributed by atoms with Crippen molar-refractivity contribution in [3.63, 3.8) is 0 Å². The summed E-state index contributed by atoms with van der Waals surface area (Å²) in [5, 5.41) is 0. The standard InChI is InChI=1S/C19H23N5O2/c1-14-20-7-5-16(22-14)17-13-24(10-11-26-17)19(25)15-4-6-21-18(12-15)23-8-2-3-9-23/h4-7,12,17H,2-3,8-11,13H2,1H3/t17-/m1/s1. The van der Waals surface area contributed by atoms with Crippen LogP contribution in [-0.4, -0.2) is 58.5 Å². The smallest absolute Gasteiger partial charge is 0.254 e. The van der Waals surface area contributed by atoms with Crippen LogP contribution in [0.3, 0.4) is 0 Å². The van der Waals surface area contributed by atoms with E-state index in [1.807, 2.05) is 24.0 Å². The summed E-state index contributed by atoms with van der Waals surface area (Å²) in [4.78, 5) is 30.1. The van der Waals surface area contributed by atoms with E-state index in [1.165, 1.54) is 12.8 Å². The predicted molar refractivity (Wildman–Crippen MR) is 97.0 cm³/mol.